The van der Waals surface area contributed by atoms with Crippen molar-refractivity contribution in [3.05, 3.63) is 45.2 Å². The van der Waals surface area contributed by atoms with Gasteiger partial charge in [-0.2, -0.15) is 23.1 Å². The van der Waals surface area contributed by atoms with Gasteiger partial charge in [-0.1, -0.05) is 6.07 Å². The number of fused-ring (bicyclic) bond motifs is 2. The lowest BCUT2D eigenvalue weighted by Gasteiger charge is -2.25. The molecule has 1 spiro atoms. The number of anilines is 1. The number of thiophene rings is 1. The third-order valence-corrected chi connectivity index (χ3v) is 8.23. The van der Waals surface area contributed by atoms with E-state index in [0.29, 0.717) is 16.0 Å². The second-order valence-electron chi connectivity index (χ2n) is 9.85. The van der Waals surface area contributed by atoms with Gasteiger partial charge in [-0.05, 0) is 43.1 Å². The Hall–Kier alpha value is -3.12. The Balaban J connectivity index is 1.20. The zero-order chi connectivity index (χ0) is 25.1. The lowest BCUT2D eigenvalue weighted by atomic mass is 9.86. The van der Waals surface area contributed by atoms with Gasteiger partial charge in [-0.3, -0.25) is 4.90 Å². The van der Waals surface area contributed by atoms with Gasteiger partial charge in [0.05, 0.1) is 30.0 Å². The van der Waals surface area contributed by atoms with Crippen LogP contribution in [0, 0.1) is 5.41 Å². The van der Waals surface area contributed by atoms with Gasteiger partial charge in [0, 0.05) is 36.5 Å². The molecule has 6 rings (SSSR count). The summed E-state index contributed by atoms with van der Waals surface area (Å²) < 4.78 is 44.3. The van der Waals surface area contributed by atoms with Gasteiger partial charge in [0.1, 0.15) is 10.6 Å². The van der Waals surface area contributed by atoms with Crippen LogP contribution in [0.4, 0.5) is 19.0 Å². The van der Waals surface area contributed by atoms with Crippen molar-refractivity contribution in [3.63, 3.8) is 0 Å². The number of rotatable bonds is 5. The normalized spacial score (nSPS) is 20.9. The number of ether oxygens (including phenoxy) is 1. The molecule has 3 aromatic heterocycles. The van der Waals surface area contributed by atoms with Crippen LogP contribution in [0.15, 0.2) is 29.1 Å². The Kier molecular flexibility index (Phi) is 5.48. The molecule has 2 aliphatic heterocycles. The highest BCUT2D eigenvalue weighted by atomic mass is 32.1. The van der Waals surface area contributed by atoms with Crippen LogP contribution in [-0.4, -0.2) is 64.3 Å². The van der Waals surface area contributed by atoms with Crippen LogP contribution in [0.25, 0.3) is 21.3 Å². The highest BCUT2D eigenvalue weighted by Gasteiger charge is 2.44. The Morgan fingerprint density at radius 3 is 2.72 bits per heavy atom. The third kappa shape index (κ3) is 4.43. The summed E-state index contributed by atoms with van der Waals surface area (Å²) in [6, 6.07) is 7.73. The van der Waals surface area contributed by atoms with E-state index in [0.717, 1.165) is 73.5 Å². The lowest BCUT2D eigenvalue weighted by molar-refractivity contribution is -0.126. The summed E-state index contributed by atoms with van der Waals surface area (Å²) in [4.78, 5) is 31.3. The molecule has 12 heteroatoms. The van der Waals surface area contributed by atoms with E-state index in [9.17, 15) is 18.0 Å². The molecule has 0 amide bonds. The second kappa shape index (κ2) is 8.48. The third-order valence-electron chi connectivity index (χ3n) is 7.20. The molecule has 0 bridgehead atoms. The molecule has 190 valence electrons. The first-order valence-electron chi connectivity index (χ1n) is 11.8. The van der Waals surface area contributed by atoms with Crippen molar-refractivity contribution < 1.29 is 17.9 Å². The Labute approximate surface area is 208 Å². The Morgan fingerprint density at radius 2 is 1.92 bits per heavy atom. The number of benzene rings is 1. The van der Waals surface area contributed by atoms with Gasteiger partial charge >= 0.3 is 17.9 Å². The van der Waals surface area contributed by atoms with Gasteiger partial charge in [0.2, 0.25) is 0 Å². The number of halogens is 3. The van der Waals surface area contributed by atoms with Crippen LogP contribution in [-0.2, 0) is 13.0 Å². The van der Waals surface area contributed by atoms with Gasteiger partial charge in [0.15, 0.2) is 0 Å². The van der Waals surface area contributed by atoms with E-state index in [4.69, 9.17) is 4.74 Å². The minimum Gasteiger partial charge on any atom is -0.467 e. The fourth-order valence-electron chi connectivity index (χ4n) is 5.60. The zero-order valence-corrected chi connectivity index (χ0v) is 20.4. The highest BCUT2D eigenvalue weighted by Crippen LogP contribution is 2.44. The van der Waals surface area contributed by atoms with E-state index < -0.39 is 12.6 Å². The standard InChI is InChI=1S/C24H25F3N6O2S/c1-35-22-30-19(16-9-15(10-24(25,26)27)36-20(16)31-22)33-7-5-23(13-33)4-6-32(12-23)11-14-2-3-17-18(8-14)29-21(34)28-17/h2-3,8-9H,4-7,10-13H2,1H3,(H2,28,29,34). The van der Waals surface area contributed by atoms with Crippen molar-refractivity contribution in [2.45, 2.75) is 32.0 Å². The molecule has 2 saturated heterocycles. The van der Waals surface area contributed by atoms with E-state index in [1.807, 2.05) is 18.2 Å². The average Bonchev–Trinajstić information content (AvgIpc) is 3.58. The van der Waals surface area contributed by atoms with Crippen LogP contribution >= 0.6 is 11.3 Å². The first kappa shape index (κ1) is 23.3. The monoisotopic (exact) mass is 518 g/mol. The summed E-state index contributed by atoms with van der Waals surface area (Å²) in [5.74, 6) is 0.652. The largest absolute Gasteiger partial charge is 0.467 e. The predicted molar refractivity (Wildman–Crippen MR) is 132 cm³/mol. The predicted octanol–water partition coefficient (Wildman–Crippen LogP) is 4.08. The topological polar surface area (TPSA) is 90.1 Å². The van der Waals surface area contributed by atoms with Crippen molar-refractivity contribution in [2.75, 3.05) is 38.2 Å². The number of nitrogens with one attached hydrogen (secondary N) is 2. The molecule has 0 aliphatic carbocycles. The van der Waals surface area contributed by atoms with Crippen LogP contribution in [0.1, 0.15) is 23.3 Å². The molecule has 0 radical (unpaired) electrons. The number of likely N-dealkylation sites (tertiary alicyclic amines) is 1. The number of H-pyrrole nitrogens is 2. The van der Waals surface area contributed by atoms with Gasteiger partial charge in [-0.15, -0.1) is 11.3 Å². The molecule has 1 aromatic carbocycles. The molecule has 1 atom stereocenters. The molecule has 8 nitrogen and oxygen atoms in total. The van der Waals surface area contributed by atoms with Crippen molar-refractivity contribution in [3.8, 4) is 6.01 Å². The maximum absolute atomic E-state index is 13.0. The summed E-state index contributed by atoms with van der Waals surface area (Å²) in [7, 11) is 1.47. The maximum Gasteiger partial charge on any atom is 0.393 e. The fraction of sp³-hybridized carbons (Fsp3) is 0.458. The molecule has 36 heavy (non-hydrogen) atoms. The van der Waals surface area contributed by atoms with Crippen molar-refractivity contribution in [2.24, 2.45) is 5.41 Å². The number of hydrogen-bond acceptors (Lipinski definition) is 7. The van der Waals surface area contributed by atoms with Crippen LogP contribution in [0.5, 0.6) is 6.01 Å². The highest BCUT2D eigenvalue weighted by molar-refractivity contribution is 7.18. The number of methoxy groups -OCH3 is 1. The number of aromatic nitrogens is 4. The Morgan fingerprint density at radius 1 is 1.11 bits per heavy atom. The molecule has 1 unspecified atom stereocenters. The number of hydrogen-bond donors (Lipinski definition) is 2. The van der Waals surface area contributed by atoms with Crippen molar-refractivity contribution in [1.29, 1.82) is 0 Å². The number of imidazole rings is 1. The van der Waals surface area contributed by atoms with Crippen LogP contribution in [0.2, 0.25) is 0 Å². The summed E-state index contributed by atoms with van der Waals surface area (Å²) in [5, 5.41) is 0.653. The lowest BCUT2D eigenvalue weighted by Crippen LogP contribution is -2.31. The molecule has 4 aromatic rings. The first-order valence-corrected chi connectivity index (χ1v) is 12.6. The molecule has 2 fully saturated rings. The van der Waals surface area contributed by atoms with E-state index >= 15 is 0 Å². The number of aromatic amines is 2. The summed E-state index contributed by atoms with van der Waals surface area (Å²) in [5.41, 5.74) is 2.64. The molecular formula is C24H25F3N6O2S. The minimum absolute atomic E-state index is 0.0990. The molecular weight excluding hydrogens is 493 g/mol. The smallest absolute Gasteiger partial charge is 0.393 e. The summed E-state index contributed by atoms with van der Waals surface area (Å²) in [6.07, 6.45) is -3.22. The van der Waals surface area contributed by atoms with Crippen LogP contribution < -0.4 is 15.3 Å². The molecule has 2 aliphatic rings. The quantitative estimate of drug-likeness (QED) is 0.414. The van der Waals surface area contributed by atoms with Gasteiger partial charge < -0.3 is 19.6 Å². The first-order chi connectivity index (χ1) is 17.2. The minimum atomic E-state index is -4.27. The van der Waals surface area contributed by atoms with Crippen molar-refractivity contribution >= 4 is 38.4 Å². The molecule has 2 N–H and O–H groups in total. The van der Waals surface area contributed by atoms with E-state index in [1.54, 1.807) is 6.07 Å². The van der Waals surface area contributed by atoms with Crippen molar-refractivity contribution in [1.82, 2.24) is 24.8 Å². The molecule has 0 saturated carbocycles. The maximum atomic E-state index is 13.0. The SMILES string of the molecule is COc1nc(N2CCC3(CCN(Cc4ccc5[nH]c(=O)[nH]c5c4)C3)C2)c2cc(CC(F)(F)F)sc2n1. The van der Waals surface area contributed by atoms with Crippen LogP contribution in [0.3, 0.4) is 0 Å². The van der Waals surface area contributed by atoms with Gasteiger partial charge in [0.25, 0.3) is 0 Å². The fourth-order valence-corrected chi connectivity index (χ4v) is 6.65. The second-order valence-corrected chi connectivity index (χ2v) is 11.0. The summed E-state index contributed by atoms with van der Waals surface area (Å²) in [6.45, 7) is 4.25. The Bertz CT molecular complexity index is 1490. The summed E-state index contributed by atoms with van der Waals surface area (Å²) >= 11 is 1.04. The number of alkyl halides is 3. The zero-order valence-electron chi connectivity index (χ0n) is 19.6. The molecule has 5 heterocycles. The average molecular weight is 519 g/mol. The van der Waals surface area contributed by atoms with E-state index in [2.05, 4.69) is 29.7 Å². The van der Waals surface area contributed by atoms with E-state index in [-0.39, 0.29) is 22.0 Å². The van der Waals surface area contributed by atoms with Gasteiger partial charge in [-0.25, -0.2) is 4.79 Å². The number of nitrogens with zero attached hydrogens (tertiary/aromatic N) is 4. The van der Waals surface area contributed by atoms with E-state index in [1.165, 1.54) is 7.11 Å².